The van der Waals surface area contributed by atoms with Crippen molar-refractivity contribution < 1.29 is 59.4 Å². The number of benzene rings is 2. The molecule has 14 nitrogen and oxygen atoms in total. The Morgan fingerprint density at radius 1 is 0.568 bits per heavy atom. The zero-order chi connectivity index (χ0) is 34.0. The van der Waals surface area contributed by atoms with Crippen molar-refractivity contribution in [3.05, 3.63) is 68.7 Å². The largest absolute Gasteiger partial charge is 0.473 e. The highest BCUT2D eigenvalue weighted by atomic mass is 35.5. The second kappa shape index (κ2) is 20.6. The Morgan fingerprint density at radius 3 is 1.09 bits per heavy atom. The lowest BCUT2D eigenvalue weighted by molar-refractivity contribution is -0.159. The quantitative estimate of drug-likeness (QED) is 0.189. The summed E-state index contributed by atoms with van der Waals surface area (Å²) in [5.74, 6) is -9.78. The maximum Gasteiger partial charge on any atom is 0.414 e. The van der Waals surface area contributed by atoms with Gasteiger partial charge in [0.25, 0.3) is 0 Å². The fraction of sp³-hybridized carbons (Fsp3) is 0.357. The average Bonchev–Trinajstić information content (AvgIpc) is 3.25. The lowest BCUT2D eigenvalue weighted by atomic mass is 9.96. The minimum Gasteiger partial charge on any atom is -0.473 e. The Bertz CT molecular complexity index is 1160. The molecule has 0 bridgehead atoms. The van der Waals surface area contributed by atoms with Gasteiger partial charge in [0.1, 0.15) is 0 Å². The first kappa shape index (κ1) is 39.8. The fourth-order valence-electron chi connectivity index (χ4n) is 3.81. The van der Waals surface area contributed by atoms with Gasteiger partial charge in [0.05, 0.1) is 0 Å². The number of carbonyl (C=O) groups is 6. The zero-order valence-electron chi connectivity index (χ0n) is 23.8. The molecule has 2 aromatic rings. The van der Waals surface area contributed by atoms with Crippen molar-refractivity contribution in [2.75, 3.05) is 26.2 Å². The molecule has 4 rings (SSSR count). The van der Waals surface area contributed by atoms with Gasteiger partial charge in [-0.25, -0.2) is 28.8 Å². The maximum absolute atomic E-state index is 9.10. The number of hydrogen-bond acceptors (Lipinski definition) is 8. The maximum atomic E-state index is 9.10. The highest BCUT2D eigenvalue weighted by molar-refractivity contribution is 6.31. The number of hydrogen-bond donors (Lipinski definition) is 8. The number of fused-ring (bicyclic) bond motifs is 2. The van der Waals surface area contributed by atoms with Crippen molar-refractivity contribution in [1.29, 1.82) is 0 Å². The van der Waals surface area contributed by atoms with Crippen LogP contribution in [0.2, 0.25) is 10.0 Å². The zero-order valence-corrected chi connectivity index (χ0v) is 25.3. The van der Waals surface area contributed by atoms with Gasteiger partial charge in [-0.2, -0.15) is 0 Å². The van der Waals surface area contributed by atoms with Crippen LogP contribution in [0.15, 0.2) is 36.4 Å². The van der Waals surface area contributed by atoms with Gasteiger partial charge in [-0.15, -0.1) is 0 Å². The Labute approximate surface area is 262 Å². The van der Waals surface area contributed by atoms with Crippen LogP contribution in [0.25, 0.3) is 0 Å². The van der Waals surface area contributed by atoms with E-state index in [-0.39, 0.29) is 0 Å². The van der Waals surface area contributed by atoms with E-state index in [0.29, 0.717) is 11.8 Å². The van der Waals surface area contributed by atoms with Crippen molar-refractivity contribution in [3.8, 4) is 0 Å². The molecule has 2 aliphatic heterocycles. The summed E-state index contributed by atoms with van der Waals surface area (Å²) in [5, 5.41) is 52.9. The predicted octanol–water partition coefficient (Wildman–Crippen LogP) is 2.65. The number of carboxylic acids is 6. The van der Waals surface area contributed by atoms with E-state index in [1.165, 1.54) is 22.3 Å². The van der Waals surface area contributed by atoms with Crippen LogP contribution >= 0.6 is 23.2 Å². The average molecular weight is 661 g/mol. The molecule has 0 spiro atoms. The van der Waals surface area contributed by atoms with Crippen molar-refractivity contribution in [2.24, 2.45) is 0 Å². The summed E-state index contributed by atoms with van der Waals surface area (Å²) in [5.41, 5.74) is 5.72. The summed E-state index contributed by atoms with van der Waals surface area (Å²) in [6, 6.07) is 12.5. The van der Waals surface area contributed by atoms with Crippen LogP contribution in [-0.2, 0) is 41.6 Å². The molecule has 16 heteroatoms. The summed E-state index contributed by atoms with van der Waals surface area (Å²) >= 11 is 11.9. The normalized spacial score (nSPS) is 16.1. The molecule has 2 atom stereocenters. The Kier molecular flexibility index (Phi) is 18.6. The summed E-state index contributed by atoms with van der Waals surface area (Å²) in [7, 11) is 0. The predicted molar refractivity (Wildman–Crippen MR) is 159 cm³/mol. The molecule has 0 aliphatic carbocycles. The Balaban J connectivity index is 0.000000558. The van der Waals surface area contributed by atoms with Crippen LogP contribution in [0.4, 0.5) is 0 Å². The highest BCUT2D eigenvalue weighted by Gasteiger charge is 2.15. The van der Waals surface area contributed by atoms with E-state index in [0.717, 1.165) is 49.1 Å². The van der Waals surface area contributed by atoms with Crippen LogP contribution in [0.3, 0.4) is 0 Å². The molecule has 2 heterocycles. The molecule has 0 aromatic heterocycles. The van der Waals surface area contributed by atoms with Crippen molar-refractivity contribution in [1.82, 2.24) is 10.6 Å². The van der Waals surface area contributed by atoms with E-state index in [1.54, 1.807) is 0 Å². The van der Waals surface area contributed by atoms with Crippen LogP contribution in [0.5, 0.6) is 0 Å². The van der Waals surface area contributed by atoms with Gasteiger partial charge in [-0.1, -0.05) is 49.2 Å². The van der Waals surface area contributed by atoms with Crippen LogP contribution in [0.1, 0.15) is 47.9 Å². The summed E-state index contributed by atoms with van der Waals surface area (Å²) in [6.45, 7) is 8.78. The monoisotopic (exact) mass is 660 g/mol. The topological polar surface area (TPSA) is 248 Å². The van der Waals surface area contributed by atoms with Crippen molar-refractivity contribution in [2.45, 2.75) is 38.5 Å². The molecular weight excluding hydrogens is 627 g/mol. The first-order chi connectivity index (χ1) is 20.5. The number of carboxylic acid groups (broad SMARTS) is 6. The Hall–Kier alpha value is -4.24. The third kappa shape index (κ3) is 16.4. The smallest absolute Gasteiger partial charge is 0.414 e. The lowest BCUT2D eigenvalue weighted by Gasteiger charge is -2.11. The fourth-order valence-corrected chi connectivity index (χ4v) is 4.17. The summed E-state index contributed by atoms with van der Waals surface area (Å²) in [6.07, 6.45) is 2.24. The molecule has 0 unspecified atom stereocenters. The lowest BCUT2D eigenvalue weighted by Crippen LogP contribution is -2.18. The van der Waals surface area contributed by atoms with Crippen molar-refractivity contribution >= 4 is 59.0 Å². The van der Waals surface area contributed by atoms with Gasteiger partial charge in [0.15, 0.2) is 0 Å². The number of aliphatic carboxylic acids is 6. The van der Waals surface area contributed by atoms with E-state index >= 15 is 0 Å². The second-order valence-corrected chi connectivity index (χ2v) is 10.1. The van der Waals surface area contributed by atoms with E-state index in [2.05, 4.69) is 48.7 Å². The molecule has 2 aliphatic rings. The molecule has 0 amide bonds. The Morgan fingerprint density at radius 2 is 0.841 bits per heavy atom. The minimum absolute atomic E-state index is 0.580. The molecule has 242 valence electrons. The summed E-state index contributed by atoms with van der Waals surface area (Å²) < 4.78 is 0. The molecule has 44 heavy (non-hydrogen) atoms. The standard InChI is InChI=1S/2C11H14ClN.3C2H2O4/c2*1-8-7-13-5-4-9-2-3-10(12)6-11(8)9;3*3-1(4)2(5)6/h2*2-3,6,8,13H,4-5,7H2,1H3;3*(H,3,4)(H,5,6)/t2*8-;;;/m00.../s1. The van der Waals surface area contributed by atoms with Gasteiger partial charge in [0.2, 0.25) is 0 Å². The first-order valence-electron chi connectivity index (χ1n) is 12.8. The number of halogens is 2. The van der Waals surface area contributed by atoms with E-state index < -0.39 is 35.8 Å². The number of rotatable bonds is 0. The third-order valence-corrected chi connectivity index (χ3v) is 6.34. The van der Waals surface area contributed by atoms with E-state index in [4.69, 9.17) is 82.6 Å². The molecule has 0 radical (unpaired) electrons. The van der Waals surface area contributed by atoms with Gasteiger partial charge >= 0.3 is 35.8 Å². The van der Waals surface area contributed by atoms with E-state index in [9.17, 15) is 0 Å². The van der Waals surface area contributed by atoms with Crippen LogP contribution < -0.4 is 10.6 Å². The molecule has 0 saturated carbocycles. The minimum atomic E-state index is -1.82. The van der Waals surface area contributed by atoms with Crippen molar-refractivity contribution in [3.63, 3.8) is 0 Å². The molecule has 0 fully saturated rings. The van der Waals surface area contributed by atoms with Crippen LogP contribution in [0, 0.1) is 0 Å². The molecule has 8 N–H and O–H groups in total. The van der Waals surface area contributed by atoms with Gasteiger partial charge in [-0.05, 0) is 84.3 Å². The van der Waals surface area contributed by atoms with E-state index in [1.807, 2.05) is 12.1 Å². The molecular formula is C28H34Cl2N2O12. The first-order valence-corrected chi connectivity index (χ1v) is 13.6. The highest BCUT2D eigenvalue weighted by Crippen LogP contribution is 2.26. The SMILES string of the molecule is C[C@H]1CNCCc2ccc(Cl)cc21.C[C@H]1CNCCc2ccc(Cl)cc21.O=C(O)C(=O)O.O=C(O)C(=O)O.O=C(O)C(=O)O. The summed E-state index contributed by atoms with van der Waals surface area (Å²) in [4.78, 5) is 54.6. The van der Waals surface area contributed by atoms with Gasteiger partial charge in [0, 0.05) is 23.1 Å². The van der Waals surface area contributed by atoms with Gasteiger partial charge < -0.3 is 41.3 Å². The second-order valence-electron chi connectivity index (χ2n) is 9.23. The number of nitrogens with one attached hydrogen (secondary N) is 2. The molecule has 0 saturated heterocycles. The van der Waals surface area contributed by atoms with Crippen LogP contribution in [-0.4, -0.2) is 92.6 Å². The third-order valence-electron chi connectivity index (χ3n) is 5.87. The van der Waals surface area contributed by atoms with Gasteiger partial charge in [-0.3, -0.25) is 0 Å². The molecule has 2 aromatic carbocycles.